The van der Waals surface area contributed by atoms with Crippen LogP contribution in [0.15, 0.2) is 0 Å². The average Bonchev–Trinajstić information content (AvgIpc) is 2.33. The first-order valence-electron chi connectivity index (χ1n) is 5.54. The summed E-state index contributed by atoms with van der Waals surface area (Å²) < 4.78 is 4.86. The molecule has 0 heterocycles. The van der Waals surface area contributed by atoms with Crippen molar-refractivity contribution in [1.29, 1.82) is 0 Å². The predicted octanol–water partition coefficient (Wildman–Crippen LogP) is 0.784. The highest BCUT2D eigenvalue weighted by molar-refractivity contribution is 5.79. The topological polar surface area (TPSA) is 75.6 Å². The molecule has 0 aromatic rings. The number of carbonyl (C=O) groups excluding carboxylic acids is 1. The molecule has 0 saturated heterocycles. The largest absolute Gasteiger partial charge is 0.479 e. The van der Waals surface area contributed by atoms with E-state index < -0.39 is 23.5 Å². The van der Waals surface area contributed by atoms with Crippen LogP contribution in [0.1, 0.15) is 33.6 Å². The monoisotopic (exact) mass is 241 g/mol. The van der Waals surface area contributed by atoms with Crippen molar-refractivity contribution in [3.8, 4) is 12.3 Å². The van der Waals surface area contributed by atoms with Crippen LogP contribution in [0.25, 0.3) is 0 Å². The van der Waals surface area contributed by atoms with Crippen molar-refractivity contribution in [2.24, 2.45) is 0 Å². The normalized spacial score (nSPS) is 12.6. The molecule has 0 aliphatic carbocycles. The second kappa shape index (κ2) is 6.92. The number of ether oxygens (including phenoxy) is 1. The lowest BCUT2D eigenvalue weighted by molar-refractivity contribution is -0.151. The minimum Gasteiger partial charge on any atom is -0.479 e. The van der Waals surface area contributed by atoms with E-state index in [9.17, 15) is 9.59 Å². The second-order valence-electron chi connectivity index (χ2n) is 3.77. The third kappa shape index (κ3) is 4.87. The zero-order valence-electron chi connectivity index (χ0n) is 10.4. The molecule has 5 heteroatoms. The van der Waals surface area contributed by atoms with Crippen LogP contribution < -0.4 is 5.32 Å². The zero-order valence-corrected chi connectivity index (χ0v) is 10.4. The van der Waals surface area contributed by atoms with Crippen LogP contribution in [-0.2, 0) is 14.3 Å². The van der Waals surface area contributed by atoms with E-state index in [2.05, 4.69) is 11.2 Å². The van der Waals surface area contributed by atoms with E-state index in [0.29, 0.717) is 12.8 Å². The van der Waals surface area contributed by atoms with E-state index in [4.69, 9.17) is 16.3 Å². The molecule has 5 nitrogen and oxygen atoms in total. The highest BCUT2D eigenvalue weighted by Crippen LogP contribution is 2.13. The summed E-state index contributed by atoms with van der Waals surface area (Å²) in [6.45, 7) is 4.81. The van der Waals surface area contributed by atoms with Gasteiger partial charge in [0.25, 0.3) is 0 Å². The molecule has 1 unspecified atom stereocenters. The minimum absolute atomic E-state index is 0.309. The molecular weight excluding hydrogens is 222 g/mol. The molecule has 0 aliphatic heterocycles. The van der Waals surface area contributed by atoms with Gasteiger partial charge < -0.3 is 15.2 Å². The molecule has 0 bridgehead atoms. The maximum Gasteiger partial charge on any atom is 0.332 e. The third-order valence-electron chi connectivity index (χ3n) is 2.67. The van der Waals surface area contributed by atoms with Gasteiger partial charge in [0.1, 0.15) is 12.1 Å². The van der Waals surface area contributed by atoms with Crippen molar-refractivity contribution in [2.75, 3.05) is 6.61 Å². The molecule has 2 N–H and O–H groups in total. The highest BCUT2D eigenvalue weighted by Gasteiger charge is 2.25. The fourth-order valence-electron chi connectivity index (χ4n) is 1.24. The Labute approximate surface area is 102 Å². The first kappa shape index (κ1) is 15.5. The predicted molar refractivity (Wildman–Crippen MR) is 63.3 cm³/mol. The number of carbonyl (C=O) groups is 2. The lowest BCUT2D eigenvalue weighted by Crippen LogP contribution is -2.48. The van der Waals surface area contributed by atoms with Crippen molar-refractivity contribution >= 4 is 11.9 Å². The Bertz CT molecular complexity index is 315. The third-order valence-corrected chi connectivity index (χ3v) is 2.67. The van der Waals surface area contributed by atoms with E-state index in [-0.39, 0.29) is 6.61 Å². The number of rotatable bonds is 7. The molecule has 0 aromatic heterocycles. The van der Waals surface area contributed by atoms with Crippen molar-refractivity contribution < 1.29 is 19.4 Å². The van der Waals surface area contributed by atoms with Crippen LogP contribution in [0.4, 0.5) is 0 Å². The molecule has 1 atom stereocenters. The summed E-state index contributed by atoms with van der Waals surface area (Å²) in [5.41, 5.74) is -0.674. The molecule has 1 amide bonds. The SMILES string of the molecule is C#CC(CC)(CC)NC(=O)COC(C)C(=O)O. The molecule has 96 valence electrons. The Balaban J connectivity index is 4.27. The number of terminal acetylenes is 1. The second-order valence-corrected chi connectivity index (χ2v) is 3.77. The summed E-state index contributed by atoms with van der Waals surface area (Å²) in [4.78, 5) is 22.0. The number of hydrogen-bond donors (Lipinski definition) is 2. The summed E-state index contributed by atoms with van der Waals surface area (Å²) >= 11 is 0. The summed E-state index contributed by atoms with van der Waals surface area (Å²) in [6.07, 6.45) is 5.59. The van der Waals surface area contributed by atoms with E-state index in [1.807, 2.05) is 13.8 Å². The van der Waals surface area contributed by atoms with Crippen LogP contribution in [0.2, 0.25) is 0 Å². The van der Waals surface area contributed by atoms with Gasteiger partial charge in [0, 0.05) is 0 Å². The van der Waals surface area contributed by atoms with Gasteiger partial charge in [0.15, 0.2) is 6.10 Å². The molecule has 0 fully saturated rings. The van der Waals surface area contributed by atoms with Crippen LogP contribution in [0, 0.1) is 12.3 Å². The van der Waals surface area contributed by atoms with Gasteiger partial charge in [0.2, 0.25) is 5.91 Å². The molecule has 17 heavy (non-hydrogen) atoms. The lowest BCUT2D eigenvalue weighted by Gasteiger charge is -2.27. The van der Waals surface area contributed by atoms with Crippen molar-refractivity contribution in [2.45, 2.75) is 45.3 Å². The summed E-state index contributed by atoms with van der Waals surface area (Å²) in [5, 5.41) is 11.3. The fraction of sp³-hybridized carbons (Fsp3) is 0.667. The number of aliphatic carboxylic acids is 1. The standard InChI is InChI=1S/C12H19NO4/c1-5-12(6-2,7-3)13-10(14)8-17-9(4)11(15)16/h1,9H,6-8H2,2-4H3,(H,13,14)(H,15,16). The van der Waals surface area contributed by atoms with Gasteiger partial charge in [-0.15, -0.1) is 6.42 Å². The molecule has 0 rings (SSSR count). The number of carboxylic acid groups (broad SMARTS) is 1. The van der Waals surface area contributed by atoms with Gasteiger partial charge in [-0.05, 0) is 19.8 Å². The van der Waals surface area contributed by atoms with E-state index >= 15 is 0 Å². The smallest absolute Gasteiger partial charge is 0.332 e. The number of carboxylic acids is 1. The maximum atomic E-state index is 11.5. The Morgan fingerprint density at radius 3 is 2.35 bits per heavy atom. The van der Waals surface area contributed by atoms with Crippen molar-refractivity contribution in [3.05, 3.63) is 0 Å². The summed E-state index contributed by atoms with van der Waals surface area (Å²) in [7, 11) is 0. The molecule has 0 saturated carbocycles. The zero-order chi connectivity index (χ0) is 13.5. The number of amides is 1. The molecule has 0 radical (unpaired) electrons. The van der Waals surface area contributed by atoms with Crippen LogP contribution in [-0.4, -0.2) is 35.2 Å². The Hall–Kier alpha value is -1.54. The molecule has 0 aromatic carbocycles. The molecule has 0 spiro atoms. The quantitative estimate of drug-likeness (QED) is 0.646. The fourth-order valence-corrected chi connectivity index (χ4v) is 1.24. The van der Waals surface area contributed by atoms with Crippen LogP contribution in [0.5, 0.6) is 0 Å². The molecule has 0 aliphatic rings. The lowest BCUT2D eigenvalue weighted by atomic mass is 9.94. The van der Waals surface area contributed by atoms with Crippen LogP contribution >= 0.6 is 0 Å². The van der Waals surface area contributed by atoms with Gasteiger partial charge in [0.05, 0.1) is 0 Å². The van der Waals surface area contributed by atoms with Gasteiger partial charge >= 0.3 is 5.97 Å². The van der Waals surface area contributed by atoms with E-state index in [1.165, 1.54) is 6.92 Å². The van der Waals surface area contributed by atoms with Crippen molar-refractivity contribution in [3.63, 3.8) is 0 Å². The minimum atomic E-state index is -1.10. The van der Waals surface area contributed by atoms with E-state index in [1.54, 1.807) is 0 Å². The van der Waals surface area contributed by atoms with Crippen molar-refractivity contribution in [1.82, 2.24) is 5.32 Å². The Kier molecular flexibility index (Phi) is 6.29. The summed E-state index contributed by atoms with van der Waals surface area (Å²) in [5.74, 6) is 1.04. The number of hydrogen-bond acceptors (Lipinski definition) is 3. The Morgan fingerprint density at radius 1 is 1.47 bits per heavy atom. The van der Waals surface area contributed by atoms with Gasteiger partial charge in [-0.25, -0.2) is 4.79 Å². The maximum absolute atomic E-state index is 11.5. The van der Waals surface area contributed by atoms with E-state index in [0.717, 1.165) is 0 Å². The number of nitrogens with one attached hydrogen (secondary N) is 1. The average molecular weight is 241 g/mol. The first-order valence-corrected chi connectivity index (χ1v) is 5.54. The molecular formula is C12H19NO4. The van der Waals surface area contributed by atoms with Crippen LogP contribution in [0.3, 0.4) is 0 Å². The van der Waals surface area contributed by atoms with Gasteiger partial charge in [-0.3, -0.25) is 4.79 Å². The van der Waals surface area contributed by atoms with Gasteiger partial charge in [-0.2, -0.15) is 0 Å². The first-order chi connectivity index (χ1) is 7.90. The van der Waals surface area contributed by atoms with Gasteiger partial charge in [-0.1, -0.05) is 19.8 Å². The highest BCUT2D eigenvalue weighted by atomic mass is 16.5. The summed E-state index contributed by atoms with van der Waals surface area (Å²) in [6, 6.07) is 0. The Morgan fingerprint density at radius 2 is 2.00 bits per heavy atom.